The minimum atomic E-state index is -1.04. The third kappa shape index (κ3) is 9.84. The average molecular weight is 497 g/mol. The van der Waals surface area contributed by atoms with E-state index in [1.807, 2.05) is 19.1 Å². The van der Waals surface area contributed by atoms with Gasteiger partial charge in [0, 0.05) is 18.9 Å². The minimum absolute atomic E-state index is 0.0573. The smallest absolute Gasteiger partial charge is 0.330 e. The highest BCUT2D eigenvalue weighted by atomic mass is 16.6. The molecule has 36 heavy (non-hydrogen) atoms. The number of cyclic esters (lactones) is 1. The lowest BCUT2D eigenvalue weighted by Gasteiger charge is -2.28. The number of aliphatic hydroxyl groups excluding tert-OH is 1. The molecular weight excluding hydrogens is 456 g/mol. The number of allylic oxidation sites excluding steroid dienone is 2. The van der Waals surface area contributed by atoms with Gasteiger partial charge in [-0.1, -0.05) is 67.2 Å². The number of fused-ring (bicyclic) bond motifs is 2. The normalized spacial score (nSPS) is 33.8. The van der Waals surface area contributed by atoms with E-state index in [0.29, 0.717) is 18.9 Å². The summed E-state index contributed by atoms with van der Waals surface area (Å²) in [4.78, 5) is 25.0. The van der Waals surface area contributed by atoms with Crippen LogP contribution in [0.15, 0.2) is 72.4 Å². The summed E-state index contributed by atoms with van der Waals surface area (Å²) in [6, 6.07) is 0. The van der Waals surface area contributed by atoms with Gasteiger partial charge in [0.25, 0.3) is 0 Å². The van der Waals surface area contributed by atoms with E-state index in [1.54, 1.807) is 24.3 Å². The molecule has 0 aliphatic carbocycles. The summed E-state index contributed by atoms with van der Waals surface area (Å²) in [5, 5.41) is 10.8. The maximum atomic E-state index is 12.5. The lowest BCUT2D eigenvalue weighted by atomic mass is 9.92. The summed E-state index contributed by atoms with van der Waals surface area (Å²) in [6.07, 6.45) is 18.2. The molecule has 6 heteroatoms. The maximum absolute atomic E-state index is 12.5. The molecule has 1 N–H and O–H groups in total. The van der Waals surface area contributed by atoms with Crippen LogP contribution in [0.5, 0.6) is 0 Å². The van der Waals surface area contributed by atoms with Gasteiger partial charge in [-0.25, -0.2) is 4.79 Å². The van der Waals surface area contributed by atoms with E-state index in [9.17, 15) is 14.7 Å². The average Bonchev–Trinajstić information content (AvgIpc) is 2.81. The van der Waals surface area contributed by atoms with Crippen molar-refractivity contribution in [2.45, 2.75) is 89.3 Å². The van der Waals surface area contributed by atoms with Crippen LogP contribution >= 0.6 is 0 Å². The Balaban J connectivity index is 1.70. The monoisotopic (exact) mass is 496 g/mol. The standard InChI is InChI=1S/C30H40O6/c1-21-15-16-34-26(19-21)13-14-28(32)29-11-4-7-24(31)18-22(2)17-23(3)20-27-10-5-8-25(35-27)9-6-12-30(33)36-29/h4-8,12-15,23,25-29,32H,2,9-11,16-20H2,1,3H3/b7-4-,12-6-,14-13?. The number of rotatable bonds is 3. The number of carbonyl (C=O) groups excluding carboxylic acids is 2. The predicted molar refractivity (Wildman–Crippen MR) is 140 cm³/mol. The molecule has 0 aromatic carbocycles. The second-order valence-corrected chi connectivity index (χ2v) is 10.2. The number of carbonyl (C=O) groups is 2. The fourth-order valence-electron chi connectivity index (χ4n) is 4.76. The molecule has 0 radical (unpaired) electrons. The largest absolute Gasteiger partial charge is 0.456 e. The summed E-state index contributed by atoms with van der Waals surface area (Å²) < 4.78 is 17.4. The van der Waals surface area contributed by atoms with E-state index < -0.39 is 18.2 Å². The number of hydrogen-bond acceptors (Lipinski definition) is 6. The van der Waals surface area contributed by atoms with Gasteiger partial charge in [-0.05, 0) is 51.0 Å². The first-order valence-electron chi connectivity index (χ1n) is 13.0. The minimum Gasteiger partial charge on any atom is -0.456 e. The first-order chi connectivity index (χ1) is 17.3. The van der Waals surface area contributed by atoms with Gasteiger partial charge >= 0.3 is 5.97 Å². The van der Waals surface area contributed by atoms with Gasteiger partial charge in [0.2, 0.25) is 0 Å². The van der Waals surface area contributed by atoms with Crippen LogP contribution < -0.4 is 0 Å². The van der Waals surface area contributed by atoms with Crippen molar-refractivity contribution in [3.8, 4) is 0 Å². The fraction of sp³-hybridized carbons (Fsp3) is 0.533. The molecule has 0 saturated carbocycles. The van der Waals surface area contributed by atoms with E-state index in [1.165, 1.54) is 17.7 Å². The Kier molecular flexibility index (Phi) is 11.1. The van der Waals surface area contributed by atoms with Gasteiger partial charge in [0.15, 0.2) is 5.78 Å². The molecular formula is C30H40O6. The second-order valence-electron chi connectivity index (χ2n) is 10.2. The number of ether oxygens (including phenoxy) is 3. The summed E-state index contributed by atoms with van der Waals surface area (Å²) in [7, 11) is 0. The van der Waals surface area contributed by atoms with Crippen molar-refractivity contribution in [2.24, 2.45) is 5.92 Å². The molecule has 196 valence electrons. The molecule has 0 spiro atoms. The number of ketones is 1. The molecule has 0 aromatic rings. The quantitative estimate of drug-likeness (QED) is 0.432. The second kappa shape index (κ2) is 14.3. The zero-order valence-electron chi connectivity index (χ0n) is 21.5. The van der Waals surface area contributed by atoms with Crippen LogP contribution in [0, 0.1) is 5.92 Å². The zero-order valence-corrected chi connectivity index (χ0v) is 21.5. The molecule has 3 heterocycles. The molecule has 6 atom stereocenters. The topological polar surface area (TPSA) is 82.1 Å². The molecule has 3 rings (SSSR count). The molecule has 6 unspecified atom stereocenters. The Morgan fingerprint density at radius 2 is 1.92 bits per heavy atom. The van der Waals surface area contributed by atoms with Gasteiger partial charge in [0.05, 0.1) is 24.9 Å². The zero-order chi connectivity index (χ0) is 25.9. The maximum Gasteiger partial charge on any atom is 0.330 e. The first kappa shape index (κ1) is 28.0. The molecule has 6 nitrogen and oxygen atoms in total. The van der Waals surface area contributed by atoms with E-state index >= 15 is 0 Å². The molecule has 0 saturated heterocycles. The van der Waals surface area contributed by atoms with Gasteiger partial charge in [-0.15, -0.1) is 0 Å². The van der Waals surface area contributed by atoms with Crippen molar-refractivity contribution in [3.63, 3.8) is 0 Å². The molecule has 0 aromatic heterocycles. The van der Waals surface area contributed by atoms with E-state index in [2.05, 4.69) is 19.6 Å². The van der Waals surface area contributed by atoms with Crippen LogP contribution in [0.1, 0.15) is 58.8 Å². The summed E-state index contributed by atoms with van der Waals surface area (Å²) in [5.74, 6) is -0.244. The Morgan fingerprint density at radius 1 is 1.11 bits per heavy atom. The number of aliphatic hydroxyl groups is 1. The van der Waals surface area contributed by atoms with Gasteiger partial charge in [-0.3, -0.25) is 4.79 Å². The van der Waals surface area contributed by atoms with Gasteiger partial charge in [0.1, 0.15) is 12.2 Å². The van der Waals surface area contributed by atoms with Crippen molar-refractivity contribution >= 4 is 11.8 Å². The van der Waals surface area contributed by atoms with Crippen LogP contribution in [0.3, 0.4) is 0 Å². The predicted octanol–water partition coefficient (Wildman–Crippen LogP) is 5.10. The third-order valence-electron chi connectivity index (χ3n) is 6.57. The van der Waals surface area contributed by atoms with Gasteiger partial charge in [-0.2, -0.15) is 0 Å². The van der Waals surface area contributed by atoms with E-state index in [4.69, 9.17) is 14.2 Å². The summed E-state index contributed by atoms with van der Waals surface area (Å²) >= 11 is 0. The highest BCUT2D eigenvalue weighted by Crippen LogP contribution is 2.25. The molecule has 3 aliphatic rings. The molecule has 0 amide bonds. The van der Waals surface area contributed by atoms with Crippen LogP contribution in [-0.4, -0.2) is 54.0 Å². The Bertz CT molecular complexity index is 924. The Hall–Kier alpha value is -2.54. The van der Waals surface area contributed by atoms with Crippen LogP contribution in [0.25, 0.3) is 0 Å². The Morgan fingerprint density at radius 3 is 2.72 bits per heavy atom. The molecule has 3 aliphatic heterocycles. The van der Waals surface area contributed by atoms with Crippen molar-refractivity contribution in [2.75, 3.05) is 6.61 Å². The SMILES string of the molecule is C=C1CC(=O)/C=C\CC(C(O)C=CC2CC(C)=CCO2)OC(=O)/C=C\CC2C=CCC(CC(C)C1)O2. The molecule has 2 bridgehead atoms. The Labute approximate surface area is 215 Å². The third-order valence-corrected chi connectivity index (χ3v) is 6.57. The summed E-state index contributed by atoms with van der Waals surface area (Å²) in [5.41, 5.74) is 2.13. The fourth-order valence-corrected chi connectivity index (χ4v) is 4.76. The lowest BCUT2D eigenvalue weighted by molar-refractivity contribution is -0.147. The summed E-state index contributed by atoms with van der Waals surface area (Å²) in [6.45, 7) is 8.84. The van der Waals surface area contributed by atoms with Crippen molar-refractivity contribution in [1.29, 1.82) is 0 Å². The van der Waals surface area contributed by atoms with E-state index in [0.717, 1.165) is 31.3 Å². The van der Waals surface area contributed by atoms with Gasteiger partial charge < -0.3 is 19.3 Å². The van der Waals surface area contributed by atoms with E-state index in [-0.39, 0.29) is 36.9 Å². The first-order valence-corrected chi connectivity index (χ1v) is 13.0. The van der Waals surface area contributed by atoms with Crippen LogP contribution in [0.4, 0.5) is 0 Å². The highest BCUT2D eigenvalue weighted by Gasteiger charge is 2.23. The number of esters is 1. The van der Waals surface area contributed by atoms with Crippen molar-refractivity contribution in [3.05, 3.63) is 72.4 Å². The molecule has 0 fully saturated rings. The van der Waals surface area contributed by atoms with Crippen molar-refractivity contribution in [1.82, 2.24) is 0 Å². The van der Waals surface area contributed by atoms with Crippen LogP contribution in [-0.2, 0) is 23.8 Å². The lowest BCUT2D eigenvalue weighted by Crippen LogP contribution is -2.30. The van der Waals surface area contributed by atoms with Crippen molar-refractivity contribution < 1.29 is 28.9 Å². The van der Waals surface area contributed by atoms with Crippen LogP contribution in [0.2, 0.25) is 0 Å². The number of hydrogen-bond donors (Lipinski definition) is 1. The highest BCUT2D eigenvalue weighted by molar-refractivity contribution is 5.91.